The number of piperidine rings is 1. The van der Waals surface area contributed by atoms with Gasteiger partial charge in [0.15, 0.2) is 0 Å². The van der Waals surface area contributed by atoms with Crippen LogP contribution in [0.2, 0.25) is 0 Å². The molecule has 0 aromatic rings. The SMILES string of the molecule is CC(C)CCN(CC(=O)N1CCCC(C)C1)S(C)(=O)=O. The first-order valence-electron chi connectivity index (χ1n) is 7.43. The van der Waals surface area contributed by atoms with Crippen LogP contribution in [0.5, 0.6) is 0 Å². The summed E-state index contributed by atoms with van der Waals surface area (Å²) in [7, 11) is -3.32. The number of carbonyl (C=O) groups excluding carboxylic acids is 1. The molecular weight excluding hydrogens is 276 g/mol. The van der Waals surface area contributed by atoms with E-state index in [0.717, 1.165) is 32.4 Å². The van der Waals surface area contributed by atoms with Gasteiger partial charge in [-0.15, -0.1) is 0 Å². The monoisotopic (exact) mass is 304 g/mol. The molecule has 1 unspecified atom stereocenters. The van der Waals surface area contributed by atoms with E-state index in [-0.39, 0.29) is 12.5 Å². The summed E-state index contributed by atoms with van der Waals surface area (Å²) in [6.45, 7) is 8.14. The molecule has 6 heteroatoms. The molecule has 118 valence electrons. The zero-order valence-electron chi connectivity index (χ0n) is 13.1. The van der Waals surface area contributed by atoms with Gasteiger partial charge in [-0.05, 0) is 31.1 Å². The van der Waals surface area contributed by atoms with Gasteiger partial charge in [-0.2, -0.15) is 4.31 Å². The molecule has 1 aliphatic heterocycles. The van der Waals surface area contributed by atoms with Crippen molar-refractivity contribution in [2.75, 3.05) is 32.4 Å². The summed E-state index contributed by atoms with van der Waals surface area (Å²) >= 11 is 0. The number of nitrogens with zero attached hydrogens (tertiary/aromatic N) is 2. The third-order valence-corrected chi connectivity index (χ3v) is 5.00. The Bertz CT molecular complexity index is 420. The number of hydrogen-bond acceptors (Lipinski definition) is 3. The maximum atomic E-state index is 12.3. The Hall–Kier alpha value is -0.620. The molecule has 1 aliphatic rings. The largest absolute Gasteiger partial charge is 0.341 e. The van der Waals surface area contributed by atoms with E-state index >= 15 is 0 Å². The van der Waals surface area contributed by atoms with E-state index in [0.29, 0.717) is 18.4 Å². The van der Waals surface area contributed by atoms with Crippen LogP contribution in [0, 0.1) is 11.8 Å². The van der Waals surface area contributed by atoms with E-state index < -0.39 is 10.0 Å². The smallest absolute Gasteiger partial charge is 0.237 e. The van der Waals surface area contributed by atoms with Crippen LogP contribution >= 0.6 is 0 Å². The molecule has 0 N–H and O–H groups in total. The van der Waals surface area contributed by atoms with Crippen LogP contribution in [-0.4, -0.2) is 56.0 Å². The molecule has 1 heterocycles. The Morgan fingerprint density at radius 2 is 2.05 bits per heavy atom. The van der Waals surface area contributed by atoms with E-state index in [1.807, 2.05) is 4.90 Å². The quantitative estimate of drug-likeness (QED) is 0.748. The van der Waals surface area contributed by atoms with Gasteiger partial charge in [0.25, 0.3) is 0 Å². The van der Waals surface area contributed by atoms with Gasteiger partial charge < -0.3 is 4.90 Å². The average molecular weight is 304 g/mol. The fourth-order valence-corrected chi connectivity index (χ4v) is 3.21. The summed E-state index contributed by atoms with van der Waals surface area (Å²) in [4.78, 5) is 14.1. The van der Waals surface area contributed by atoms with Gasteiger partial charge >= 0.3 is 0 Å². The lowest BCUT2D eigenvalue weighted by atomic mass is 10.0. The lowest BCUT2D eigenvalue weighted by Crippen LogP contribution is -2.46. The van der Waals surface area contributed by atoms with Crippen molar-refractivity contribution in [3.8, 4) is 0 Å². The minimum Gasteiger partial charge on any atom is -0.341 e. The minimum atomic E-state index is -3.32. The van der Waals surface area contributed by atoms with E-state index in [1.165, 1.54) is 10.6 Å². The van der Waals surface area contributed by atoms with Crippen LogP contribution in [0.4, 0.5) is 0 Å². The zero-order valence-corrected chi connectivity index (χ0v) is 13.9. The molecule has 1 amide bonds. The van der Waals surface area contributed by atoms with Crippen molar-refractivity contribution in [2.24, 2.45) is 11.8 Å². The summed E-state index contributed by atoms with van der Waals surface area (Å²) in [5, 5.41) is 0. The highest BCUT2D eigenvalue weighted by Gasteiger charge is 2.26. The van der Waals surface area contributed by atoms with Gasteiger partial charge in [0.2, 0.25) is 15.9 Å². The highest BCUT2D eigenvalue weighted by molar-refractivity contribution is 7.88. The Morgan fingerprint density at radius 1 is 1.40 bits per heavy atom. The van der Waals surface area contributed by atoms with Crippen molar-refractivity contribution in [3.05, 3.63) is 0 Å². The number of sulfonamides is 1. The topological polar surface area (TPSA) is 57.7 Å². The van der Waals surface area contributed by atoms with Crippen molar-refractivity contribution < 1.29 is 13.2 Å². The first-order chi connectivity index (χ1) is 9.20. The molecule has 1 fully saturated rings. The predicted molar refractivity (Wildman–Crippen MR) is 80.8 cm³/mol. The van der Waals surface area contributed by atoms with Crippen LogP contribution < -0.4 is 0 Å². The van der Waals surface area contributed by atoms with E-state index in [4.69, 9.17) is 0 Å². The second-order valence-electron chi connectivity index (χ2n) is 6.37. The lowest BCUT2D eigenvalue weighted by Gasteiger charge is -2.32. The Kier molecular flexibility index (Phi) is 6.45. The standard InChI is InChI=1S/C14H28N2O3S/c1-12(2)7-9-16(20(4,18)19)11-14(17)15-8-5-6-13(3)10-15/h12-13H,5-11H2,1-4H3. The molecule has 0 aliphatic carbocycles. The second-order valence-corrected chi connectivity index (χ2v) is 8.35. The van der Waals surface area contributed by atoms with Crippen LogP contribution in [-0.2, 0) is 14.8 Å². The summed E-state index contributed by atoms with van der Waals surface area (Å²) in [6.07, 6.45) is 4.11. The Morgan fingerprint density at radius 3 is 2.55 bits per heavy atom. The molecular formula is C14H28N2O3S. The molecule has 5 nitrogen and oxygen atoms in total. The maximum absolute atomic E-state index is 12.3. The summed E-state index contributed by atoms with van der Waals surface area (Å²) in [6, 6.07) is 0. The minimum absolute atomic E-state index is 0.0156. The molecule has 1 saturated heterocycles. The predicted octanol–water partition coefficient (Wildman–Crippen LogP) is 1.55. The molecule has 1 atom stereocenters. The number of amides is 1. The lowest BCUT2D eigenvalue weighted by molar-refractivity contribution is -0.133. The second kappa shape index (κ2) is 7.41. The normalized spacial score (nSPS) is 20.7. The van der Waals surface area contributed by atoms with Gasteiger partial charge in [0.05, 0.1) is 12.8 Å². The first-order valence-corrected chi connectivity index (χ1v) is 9.28. The third-order valence-electron chi connectivity index (χ3n) is 3.75. The fourth-order valence-electron chi connectivity index (χ4n) is 2.43. The van der Waals surface area contributed by atoms with Gasteiger partial charge in [-0.25, -0.2) is 8.42 Å². The van der Waals surface area contributed by atoms with Gasteiger partial charge in [-0.3, -0.25) is 4.79 Å². The molecule has 0 spiro atoms. The molecule has 0 bridgehead atoms. The van der Waals surface area contributed by atoms with Crippen LogP contribution in [0.15, 0.2) is 0 Å². The number of carbonyl (C=O) groups is 1. The van der Waals surface area contributed by atoms with Gasteiger partial charge in [-0.1, -0.05) is 20.8 Å². The molecule has 0 saturated carbocycles. The van der Waals surface area contributed by atoms with Crippen LogP contribution in [0.3, 0.4) is 0 Å². The van der Waals surface area contributed by atoms with Crippen molar-refractivity contribution in [3.63, 3.8) is 0 Å². The van der Waals surface area contributed by atoms with Gasteiger partial charge in [0.1, 0.15) is 0 Å². The molecule has 0 radical (unpaired) electrons. The maximum Gasteiger partial charge on any atom is 0.237 e. The van der Waals surface area contributed by atoms with Crippen LogP contribution in [0.25, 0.3) is 0 Å². The summed E-state index contributed by atoms with van der Waals surface area (Å²) in [5.74, 6) is 0.866. The molecule has 20 heavy (non-hydrogen) atoms. The van der Waals surface area contributed by atoms with E-state index in [2.05, 4.69) is 20.8 Å². The Labute approximate surface area is 123 Å². The van der Waals surface area contributed by atoms with Crippen molar-refractivity contribution >= 4 is 15.9 Å². The average Bonchev–Trinajstić information content (AvgIpc) is 2.32. The van der Waals surface area contributed by atoms with E-state index in [9.17, 15) is 13.2 Å². The number of hydrogen-bond donors (Lipinski definition) is 0. The zero-order chi connectivity index (χ0) is 15.3. The van der Waals surface area contributed by atoms with Crippen molar-refractivity contribution in [1.29, 1.82) is 0 Å². The van der Waals surface area contributed by atoms with Gasteiger partial charge in [0, 0.05) is 19.6 Å². The van der Waals surface area contributed by atoms with E-state index in [1.54, 1.807) is 0 Å². The molecule has 0 aromatic heterocycles. The third kappa shape index (κ3) is 5.79. The number of rotatable bonds is 6. The highest BCUT2D eigenvalue weighted by Crippen LogP contribution is 2.16. The van der Waals surface area contributed by atoms with Crippen LogP contribution in [0.1, 0.15) is 40.0 Å². The molecule has 0 aromatic carbocycles. The summed E-state index contributed by atoms with van der Waals surface area (Å²) in [5.41, 5.74) is 0. The first kappa shape index (κ1) is 17.4. The highest BCUT2D eigenvalue weighted by atomic mass is 32.2. The fraction of sp³-hybridized carbons (Fsp3) is 0.929. The van der Waals surface area contributed by atoms with Crippen molar-refractivity contribution in [1.82, 2.24) is 9.21 Å². The molecule has 1 rings (SSSR count). The van der Waals surface area contributed by atoms with Crippen molar-refractivity contribution in [2.45, 2.75) is 40.0 Å². The number of likely N-dealkylation sites (tertiary alicyclic amines) is 1. The summed E-state index contributed by atoms with van der Waals surface area (Å²) < 4.78 is 24.9. The Balaban J connectivity index is 2.62.